The van der Waals surface area contributed by atoms with Gasteiger partial charge in [-0.3, -0.25) is 0 Å². The lowest BCUT2D eigenvalue weighted by Gasteiger charge is -2.04. The van der Waals surface area contributed by atoms with Crippen molar-refractivity contribution in [1.29, 1.82) is 0 Å². The highest BCUT2D eigenvalue weighted by Gasteiger charge is 2.05. The second-order valence-corrected chi connectivity index (χ2v) is 5.02. The number of carbonyl (C=O) groups is 1. The first-order valence-corrected chi connectivity index (χ1v) is 7.30. The summed E-state index contributed by atoms with van der Waals surface area (Å²) in [5, 5.41) is 16.8. The molecule has 0 aliphatic carbocycles. The minimum Gasteiger partial charge on any atom is -0.395 e. The number of amides is 2. The molecule has 0 spiro atoms. The molecule has 0 bridgehead atoms. The molecule has 0 aliphatic rings. The Hall–Kier alpha value is -1.92. The number of nitrogens with zero attached hydrogens (tertiary/aromatic N) is 1. The van der Waals surface area contributed by atoms with Crippen molar-refractivity contribution >= 4 is 17.4 Å². The van der Waals surface area contributed by atoms with Crippen LogP contribution >= 0.6 is 11.3 Å². The zero-order valence-electron chi connectivity index (χ0n) is 11.0. The zero-order valence-corrected chi connectivity index (χ0v) is 11.8. The van der Waals surface area contributed by atoms with Gasteiger partial charge in [0.2, 0.25) is 0 Å². The Morgan fingerprint density at radius 3 is 2.70 bits per heavy atom. The van der Waals surface area contributed by atoms with Crippen LogP contribution in [0.3, 0.4) is 0 Å². The Morgan fingerprint density at radius 2 is 1.95 bits per heavy atom. The highest BCUT2D eigenvalue weighted by atomic mass is 32.1. The minimum atomic E-state index is -0.266. The second-order valence-electron chi connectivity index (χ2n) is 4.17. The highest BCUT2D eigenvalue weighted by Crippen LogP contribution is 2.23. The van der Waals surface area contributed by atoms with Crippen LogP contribution in [0.5, 0.6) is 0 Å². The Labute approximate surface area is 121 Å². The molecule has 0 fully saturated rings. The Kier molecular flexibility index (Phi) is 5.52. The lowest BCUT2D eigenvalue weighted by Crippen LogP contribution is -2.37. The van der Waals surface area contributed by atoms with Crippen LogP contribution < -0.4 is 10.6 Å². The first-order valence-electron chi connectivity index (χ1n) is 6.42. The van der Waals surface area contributed by atoms with E-state index in [1.54, 1.807) is 11.3 Å². The van der Waals surface area contributed by atoms with Crippen LogP contribution in [0.1, 0.15) is 5.69 Å². The van der Waals surface area contributed by atoms with E-state index in [-0.39, 0.29) is 19.2 Å². The summed E-state index contributed by atoms with van der Waals surface area (Å²) >= 11 is 1.60. The molecule has 0 saturated carbocycles. The van der Waals surface area contributed by atoms with Crippen molar-refractivity contribution in [2.75, 3.05) is 19.7 Å². The SMILES string of the molecule is O=C(NCCO)NCCc1csc(-c2ccccc2)n1. The van der Waals surface area contributed by atoms with Crippen molar-refractivity contribution in [3.05, 3.63) is 41.4 Å². The normalized spacial score (nSPS) is 10.2. The summed E-state index contributed by atoms with van der Waals surface area (Å²) in [6.45, 7) is 0.732. The number of rotatable bonds is 6. The van der Waals surface area contributed by atoms with Crippen LogP contribution in [0.2, 0.25) is 0 Å². The van der Waals surface area contributed by atoms with E-state index >= 15 is 0 Å². The number of urea groups is 1. The van der Waals surface area contributed by atoms with Crippen molar-refractivity contribution < 1.29 is 9.90 Å². The summed E-state index contributed by atoms with van der Waals surface area (Å²) < 4.78 is 0. The molecule has 3 N–H and O–H groups in total. The standard InChI is InChI=1S/C14H17N3O2S/c18-9-8-16-14(19)15-7-6-12-10-20-13(17-12)11-4-2-1-3-5-11/h1-5,10,18H,6-9H2,(H2,15,16,19). The molecule has 1 aromatic heterocycles. The Balaban J connectivity index is 1.80. The predicted octanol–water partition coefficient (Wildman–Crippen LogP) is 1.64. The van der Waals surface area contributed by atoms with Gasteiger partial charge in [0.05, 0.1) is 12.3 Å². The third-order valence-electron chi connectivity index (χ3n) is 2.64. The van der Waals surface area contributed by atoms with Crippen molar-refractivity contribution in [3.63, 3.8) is 0 Å². The van der Waals surface area contributed by atoms with Gasteiger partial charge in [0.25, 0.3) is 0 Å². The van der Waals surface area contributed by atoms with Crippen LogP contribution in [0.15, 0.2) is 35.7 Å². The minimum absolute atomic E-state index is 0.0556. The van der Waals surface area contributed by atoms with Gasteiger partial charge in [-0.2, -0.15) is 0 Å². The summed E-state index contributed by atoms with van der Waals surface area (Å²) in [4.78, 5) is 15.8. The van der Waals surface area contributed by atoms with Crippen LogP contribution in [-0.4, -0.2) is 35.8 Å². The number of aromatic nitrogens is 1. The number of aliphatic hydroxyl groups is 1. The fraction of sp³-hybridized carbons (Fsp3) is 0.286. The monoisotopic (exact) mass is 291 g/mol. The molecule has 0 unspecified atom stereocenters. The van der Waals surface area contributed by atoms with E-state index in [1.807, 2.05) is 35.7 Å². The molecule has 0 saturated heterocycles. The van der Waals surface area contributed by atoms with E-state index in [0.29, 0.717) is 13.0 Å². The first kappa shape index (κ1) is 14.5. The zero-order chi connectivity index (χ0) is 14.2. The van der Waals surface area contributed by atoms with Crippen molar-refractivity contribution in [1.82, 2.24) is 15.6 Å². The van der Waals surface area contributed by atoms with E-state index < -0.39 is 0 Å². The van der Waals surface area contributed by atoms with Crippen LogP contribution in [0.4, 0.5) is 4.79 Å². The average Bonchev–Trinajstić information content (AvgIpc) is 2.95. The van der Waals surface area contributed by atoms with E-state index in [9.17, 15) is 4.79 Å². The smallest absolute Gasteiger partial charge is 0.314 e. The fourth-order valence-electron chi connectivity index (χ4n) is 1.67. The third kappa shape index (κ3) is 4.32. The summed E-state index contributed by atoms with van der Waals surface area (Å²) in [5.41, 5.74) is 2.08. The quantitative estimate of drug-likeness (QED) is 0.757. The van der Waals surface area contributed by atoms with Crippen LogP contribution in [0, 0.1) is 0 Å². The molecule has 5 nitrogen and oxygen atoms in total. The van der Waals surface area contributed by atoms with Gasteiger partial charge in [-0.05, 0) is 0 Å². The molecule has 0 aliphatic heterocycles. The molecule has 106 valence electrons. The van der Waals surface area contributed by atoms with Gasteiger partial charge in [0.1, 0.15) is 5.01 Å². The van der Waals surface area contributed by atoms with Gasteiger partial charge in [0.15, 0.2) is 0 Å². The maximum atomic E-state index is 11.3. The molecule has 2 aromatic rings. The molecule has 20 heavy (non-hydrogen) atoms. The number of carbonyl (C=O) groups excluding carboxylic acids is 1. The van der Waals surface area contributed by atoms with Crippen molar-refractivity contribution in [2.45, 2.75) is 6.42 Å². The molecule has 6 heteroatoms. The molecular formula is C14H17N3O2S. The number of hydrogen-bond donors (Lipinski definition) is 3. The van der Waals surface area contributed by atoms with E-state index in [1.165, 1.54) is 0 Å². The number of benzene rings is 1. The lowest BCUT2D eigenvalue weighted by molar-refractivity contribution is 0.234. The van der Waals surface area contributed by atoms with Gasteiger partial charge in [-0.1, -0.05) is 30.3 Å². The van der Waals surface area contributed by atoms with Gasteiger partial charge < -0.3 is 15.7 Å². The topological polar surface area (TPSA) is 74.2 Å². The maximum Gasteiger partial charge on any atom is 0.314 e. The molecule has 1 aromatic carbocycles. The second kappa shape index (κ2) is 7.62. The lowest BCUT2D eigenvalue weighted by atomic mass is 10.2. The van der Waals surface area contributed by atoms with E-state index in [0.717, 1.165) is 16.3 Å². The highest BCUT2D eigenvalue weighted by molar-refractivity contribution is 7.13. The third-order valence-corrected chi connectivity index (χ3v) is 3.58. The molecule has 2 amide bonds. The number of thiazole rings is 1. The van der Waals surface area contributed by atoms with Crippen molar-refractivity contribution in [2.24, 2.45) is 0 Å². The average molecular weight is 291 g/mol. The van der Waals surface area contributed by atoms with Crippen LogP contribution in [0.25, 0.3) is 10.6 Å². The molecule has 0 radical (unpaired) electrons. The maximum absolute atomic E-state index is 11.3. The number of nitrogens with one attached hydrogen (secondary N) is 2. The van der Waals surface area contributed by atoms with Gasteiger partial charge in [0, 0.05) is 30.5 Å². The Bertz CT molecular complexity index is 542. The largest absolute Gasteiger partial charge is 0.395 e. The predicted molar refractivity (Wildman–Crippen MR) is 79.7 cm³/mol. The molecule has 2 rings (SSSR count). The summed E-state index contributed by atoms with van der Waals surface area (Å²) in [6, 6.07) is 9.75. The molecule has 0 atom stereocenters. The first-order chi connectivity index (χ1) is 9.79. The number of hydrogen-bond acceptors (Lipinski definition) is 4. The van der Waals surface area contributed by atoms with Gasteiger partial charge in [-0.15, -0.1) is 11.3 Å². The summed E-state index contributed by atoms with van der Waals surface area (Å²) in [6.07, 6.45) is 0.690. The van der Waals surface area contributed by atoms with Gasteiger partial charge >= 0.3 is 6.03 Å². The van der Waals surface area contributed by atoms with Crippen molar-refractivity contribution in [3.8, 4) is 10.6 Å². The summed E-state index contributed by atoms with van der Waals surface area (Å²) in [7, 11) is 0. The van der Waals surface area contributed by atoms with Gasteiger partial charge in [-0.25, -0.2) is 9.78 Å². The van der Waals surface area contributed by atoms with Crippen LogP contribution in [-0.2, 0) is 6.42 Å². The molecular weight excluding hydrogens is 274 g/mol. The van der Waals surface area contributed by atoms with E-state index in [4.69, 9.17) is 5.11 Å². The fourth-order valence-corrected chi connectivity index (χ4v) is 2.53. The molecule has 1 heterocycles. The van der Waals surface area contributed by atoms with E-state index in [2.05, 4.69) is 15.6 Å². The Morgan fingerprint density at radius 1 is 1.20 bits per heavy atom. The summed E-state index contributed by atoms with van der Waals surface area (Å²) in [5.74, 6) is 0. The number of aliphatic hydroxyl groups excluding tert-OH is 1.